The number of hydrogen-bond donors (Lipinski definition) is 2. The van der Waals surface area contributed by atoms with Gasteiger partial charge in [-0.15, -0.1) is 11.3 Å². The number of esters is 1. The topological polar surface area (TPSA) is 67.4 Å². The molecule has 2 N–H and O–H groups in total. The minimum Gasteiger partial charge on any atom is -0.465 e. The molecule has 1 aromatic carbocycles. The summed E-state index contributed by atoms with van der Waals surface area (Å²) in [5, 5.41) is 6.15. The second-order valence-corrected chi connectivity index (χ2v) is 7.10. The van der Waals surface area contributed by atoms with Crippen molar-refractivity contribution in [3.05, 3.63) is 46.3 Å². The minimum absolute atomic E-state index is 0.363. The van der Waals surface area contributed by atoms with Crippen LogP contribution in [0.4, 0.5) is 15.5 Å². The van der Waals surface area contributed by atoms with E-state index in [0.29, 0.717) is 22.2 Å². The largest absolute Gasteiger partial charge is 0.465 e. The highest BCUT2D eigenvalue weighted by Gasteiger charge is 2.28. The van der Waals surface area contributed by atoms with Crippen molar-refractivity contribution in [3.63, 3.8) is 0 Å². The number of rotatable bonds is 3. The Balaban J connectivity index is 1.84. The first-order valence-corrected chi connectivity index (χ1v) is 8.76. The molecule has 0 bridgehead atoms. The number of fused-ring (bicyclic) bond motifs is 1. The predicted molar refractivity (Wildman–Crippen MR) is 95.9 cm³/mol. The molecule has 2 amide bonds. The first kappa shape index (κ1) is 16.5. The third kappa shape index (κ3) is 3.43. The van der Waals surface area contributed by atoms with Crippen molar-refractivity contribution in [2.75, 3.05) is 17.7 Å². The lowest BCUT2D eigenvalue weighted by Crippen LogP contribution is -2.20. The van der Waals surface area contributed by atoms with Gasteiger partial charge < -0.3 is 10.1 Å². The van der Waals surface area contributed by atoms with Gasteiger partial charge in [-0.25, -0.2) is 9.59 Å². The van der Waals surface area contributed by atoms with E-state index in [1.54, 1.807) is 0 Å². The van der Waals surface area contributed by atoms with E-state index in [1.165, 1.54) is 23.3 Å². The van der Waals surface area contributed by atoms with Gasteiger partial charge in [-0.3, -0.25) is 5.32 Å². The maximum atomic E-state index is 12.3. The van der Waals surface area contributed by atoms with E-state index in [4.69, 9.17) is 4.74 Å². The molecule has 0 fully saturated rings. The molecule has 1 aromatic heterocycles. The summed E-state index contributed by atoms with van der Waals surface area (Å²) < 4.78 is 4.92. The Kier molecular flexibility index (Phi) is 4.85. The molecular weight excluding hydrogens is 324 g/mol. The lowest BCUT2D eigenvalue weighted by molar-refractivity contribution is 0.0601. The monoisotopic (exact) mass is 344 g/mol. The van der Waals surface area contributed by atoms with E-state index in [-0.39, 0.29) is 6.03 Å². The Morgan fingerprint density at radius 3 is 2.67 bits per heavy atom. The van der Waals surface area contributed by atoms with Crippen LogP contribution in [-0.2, 0) is 17.6 Å². The maximum absolute atomic E-state index is 12.3. The molecule has 0 unspecified atom stereocenters. The molecule has 126 valence electrons. The second kappa shape index (κ2) is 7.05. The molecular formula is C18H20N2O3S. The van der Waals surface area contributed by atoms with Crippen LogP contribution in [0.3, 0.4) is 0 Å². The fourth-order valence-electron chi connectivity index (χ4n) is 2.94. The molecule has 6 heteroatoms. The molecule has 0 radical (unpaired) electrons. The van der Waals surface area contributed by atoms with E-state index in [1.807, 2.05) is 30.3 Å². The summed E-state index contributed by atoms with van der Waals surface area (Å²) in [6.07, 6.45) is 2.83. The quantitative estimate of drug-likeness (QED) is 0.816. The normalized spacial score (nSPS) is 16.2. The summed E-state index contributed by atoms with van der Waals surface area (Å²) in [4.78, 5) is 25.6. The van der Waals surface area contributed by atoms with Crippen LogP contribution in [0.1, 0.15) is 34.1 Å². The van der Waals surface area contributed by atoms with Crippen molar-refractivity contribution in [2.24, 2.45) is 5.92 Å². The van der Waals surface area contributed by atoms with Crippen LogP contribution in [0.15, 0.2) is 30.3 Å². The van der Waals surface area contributed by atoms with Crippen molar-refractivity contribution in [2.45, 2.75) is 26.2 Å². The molecule has 5 nitrogen and oxygen atoms in total. The Morgan fingerprint density at radius 2 is 1.96 bits per heavy atom. The summed E-state index contributed by atoms with van der Waals surface area (Å²) >= 11 is 1.48. The molecule has 1 aliphatic carbocycles. The Labute approximate surface area is 145 Å². The summed E-state index contributed by atoms with van der Waals surface area (Å²) in [7, 11) is 1.37. The highest BCUT2D eigenvalue weighted by molar-refractivity contribution is 7.17. The number of thiophene rings is 1. The molecule has 0 saturated heterocycles. The predicted octanol–water partition coefficient (Wildman–Crippen LogP) is 4.30. The molecule has 0 spiro atoms. The zero-order valence-corrected chi connectivity index (χ0v) is 14.5. The average Bonchev–Trinajstić information content (AvgIpc) is 2.91. The number of ether oxygens (including phenoxy) is 1. The van der Waals surface area contributed by atoms with E-state index in [0.717, 1.165) is 24.8 Å². The number of nitrogens with one attached hydrogen (secondary N) is 2. The van der Waals surface area contributed by atoms with Crippen molar-refractivity contribution in [1.82, 2.24) is 0 Å². The van der Waals surface area contributed by atoms with Crippen molar-refractivity contribution in [1.29, 1.82) is 0 Å². The number of carbonyl (C=O) groups is 2. The number of benzene rings is 1. The maximum Gasteiger partial charge on any atom is 0.341 e. The van der Waals surface area contributed by atoms with Gasteiger partial charge in [-0.2, -0.15) is 0 Å². The molecule has 0 aliphatic heterocycles. The molecule has 2 aromatic rings. The zero-order valence-electron chi connectivity index (χ0n) is 13.7. The Morgan fingerprint density at radius 1 is 1.21 bits per heavy atom. The van der Waals surface area contributed by atoms with Gasteiger partial charge in [0.15, 0.2) is 0 Å². The lowest BCUT2D eigenvalue weighted by Gasteiger charge is -2.18. The van der Waals surface area contributed by atoms with E-state index in [9.17, 15) is 9.59 Å². The van der Waals surface area contributed by atoms with E-state index >= 15 is 0 Å². The number of anilines is 2. The summed E-state index contributed by atoms with van der Waals surface area (Å²) in [6, 6.07) is 8.83. The van der Waals surface area contributed by atoms with Gasteiger partial charge in [0.05, 0.1) is 12.7 Å². The van der Waals surface area contributed by atoms with Crippen molar-refractivity contribution < 1.29 is 14.3 Å². The number of methoxy groups -OCH3 is 1. The molecule has 24 heavy (non-hydrogen) atoms. The zero-order chi connectivity index (χ0) is 17.1. The minimum atomic E-state index is -0.392. The highest BCUT2D eigenvalue weighted by atomic mass is 32.1. The van der Waals surface area contributed by atoms with Crippen LogP contribution in [-0.4, -0.2) is 19.1 Å². The van der Waals surface area contributed by atoms with Gasteiger partial charge in [-0.1, -0.05) is 25.1 Å². The number of urea groups is 1. The van der Waals surface area contributed by atoms with Crippen LogP contribution in [0.25, 0.3) is 0 Å². The number of para-hydroxylation sites is 1. The van der Waals surface area contributed by atoms with Gasteiger partial charge in [0.25, 0.3) is 0 Å². The first-order valence-electron chi connectivity index (χ1n) is 7.94. The number of hydrogen-bond acceptors (Lipinski definition) is 4. The Hall–Kier alpha value is -2.34. The fourth-order valence-corrected chi connectivity index (χ4v) is 4.34. The van der Waals surface area contributed by atoms with Gasteiger partial charge in [-0.05, 0) is 42.9 Å². The summed E-state index contributed by atoms with van der Waals surface area (Å²) in [5.74, 6) is 0.199. The third-order valence-electron chi connectivity index (χ3n) is 4.16. The van der Waals surface area contributed by atoms with Crippen LogP contribution < -0.4 is 10.6 Å². The van der Waals surface area contributed by atoms with Crippen molar-refractivity contribution >= 4 is 34.0 Å². The first-order chi connectivity index (χ1) is 11.6. The molecule has 0 saturated carbocycles. The smallest absolute Gasteiger partial charge is 0.341 e. The van der Waals surface area contributed by atoms with Crippen molar-refractivity contribution in [3.8, 4) is 0 Å². The van der Waals surface area contributed by atoms with Gasteiger partial charge in [0, 0.05) is 10.6 Å². The third-order valence-corrected chi connectivity index (χ3v) is 5.33. The van der Waals surface area contributed by atoms with Crippen LogP contribution >= 0.6 is 11.3 Å². The summed E-state index contributed by atoms with van der Waals surface area (Å²) in [5.41, 5.74) is 2.23. The average molecular weight is 344 g/mol. The SMILES string of the molecule is COC(=O)c1c(NC(=O)Nc2ccccc2)sc2c1CC[C@@H](C)C2. The lowest BCUT2D eigenvalue weighted by atomic mass is 9.88. The fraction of sp³-hybridized carbons (Fsp3) is 0.333. The number of carbonyl (C=O) groups excluding carboxylic acids is 2. The van der Waals surface area contributed by atoms with Crippen LogP contribution in [0, 0.1) is 5.92 Å². The van der Waals surface area contributed by atoms with E-state index < -0.39 is 5.97 Å². The Bertz CT molecular complexity index is 755. The molecule has 3 rings (SSSR count). The van der Waals surface area contributed by atoms with Crippen LogP contribution in [0.2, 0.25) is 0 Å². The summed E-state index contributed by atoms with van der Waals surface area (Å²) in [6.45, 7) is 2.20. The molecule has 1 aliphatic rings. The molecule has 1 heterocycles. The highest BCUT2D eigenvalue weighted by Crippen LogP contribution is 2.40. The standard InChI is InChI=1S/C18H20N2O3S/c1-11-8-9-13-14(10-11)24-16(15(13)17(21)23-2)20-18(22)19-12-6-4-3-5-7-12/h3-7,11H,8-10H2,1-2H3,(H2,19,20,22)/t11-/m1/s1. The van der Waals surface area contributed by atoms with Crippen LogP contribution in [0.5, 0.6) is 0 Å². The second-order valence-electron chi connectivity index (χ2n) is 5.99. The van der Waals surface area contributed by atoms with E-state index in [2.05, 4.69) is 17.6 Å². The molecule has 1 atom stereocenters. The number of amides is 2. The van der Waals surface area contributed by atoms with Gasteiger partial charge in [0.1, 0.15) is 5.00 Å². The van der Waals surface area contributed by atoms with Gasteiger partial charge >= 0.3 is 12.0 Å². The van der Waals surface area contributed by atoms with Gasteiger partial charge in [0.2, 0.25) is 0 Å².